The van der Waals surface area contributed by atoms with Crippen LogP contribution in [0.15, 0.2) is 29.2 Å². The van der Waals surface area contributed by atoms with Crippen molar-refractivity contribution >= 4 is 22.4 Å². The van der Waals surface area contributed by atoms with Gasteiger partial charge in [0.05, 0.1) is 11.5 Å². The number of sulfonamides is 1. The van der Waals surface area contributed by atoms with Gasteiger partial charge >= 0.3 is 0 Å². The van der Waals surface area contributed by atoms with Gasteiger partial charge < -0.3 is 10.1 Å². The Morgan fingerprint density at radius 2 is 2.00 bits per heavy atom. The highest BCUT2D eigenvalue weighted by molar-refractivity contribution is 7.89. The van der Waals surface area contributed by atoms with E-state index in [-0.39, 0.29) is 12.4 Å². The minimum atomic E-state index is -3.44. The molecule has 1 saturated heterocycles. The van der Waals surface area contributed by atoms with Gasteiger partial charge in [0, 0.05) is 6.54 Å². The summed E-state index contributed by atoms with van der Waals surface area (Å²) in [5.41, 5.74) is 0. The zero-order valence-electron chi connectivity index (χ0n) is 14.3. The number of hydrogen-bond acceptors (Lipinski definition) is 4. The van der Waals surface area contributed by atoms with E-state index in [1.807, 2.05) is 0 Å². The molecule has 0 aliphatic carbocycles. The summed E-state index contributed by atoms with van der Waals surface area (Å²) in [6, 6.07) is 6.67. The van der Waals surface area contributed by atoms with Crippen molar-refractivity contribution in [1.82, 2.24) is 10.0 Å². The standard InChI is InChI=1S/C17H28N2O3S.ClH/c1-2-3-4-12-22-16-7-9-17(10-8-16)23(20,21)19-14-15-6-5-11-18-13-15;/h7-10,15,18-19H,2-6,11-14H2,1H3;1H. The van der Waals surface area contributed by atoms with Crippen LogP contribution in [0.2, 0.25) is 0 Å². The monoisotopic (exact) mass is 376 g/mol. The Balaban J connectivity index is 0.00000288. The predicted molar refractivity (Wildman–Crippen MR) is 99.5 cm³/mol. The average Bonchev–Trinajstić information content (AvgIpc) is 2.58. The van der Waals surface area contributed by atoms with Crippen LogP contribution in [0.3, 0.4) is 0 Å². The van der Waals surface area contributed by atoms with E-state index in [0.29, 0.717) is 24.0 Å². The smallest absolute Gasteiger partial charge is 0.240 e. The van der Waals surface area contributed by atoms with Crippen LogP contribution in [0.5, 0.6) is 5.75 Å². The highest BCUT2D eigenvalue weighted by Gasteiger charge is 2.18. The molecule has 7 heteroatoms. The predicted octanol–water partition coefficient (Wildman–Crippen LogP) is 2.96. The van der Waals surface area contributed by atoms with Crippen LogP contribution in [-0.2, 0) is 10.0 Å². The summed E-state index contributed by atoms with van der Waals surface area (Å²) in [7, 11) is -3.44. The van der Waals surface area contributed by atoms with Gasteiger partial charge in [-0.05, 0) is 62.5 Å². The highest BCUT2D eigenvalue weighted by Crippen LogP contribution is 2.17. The average molecular weight is 377 g/mol. The van der Waals surface area contributed by atoms with Crippen molar-refractivity contribution in [1.29, 1.82) is 0 Å². The molecule has 1 atom stereocenters. The van der Waals surface area contributed by atoms with E-state index in [0.717, 1.165) is 50.9 Å². The molecule has 1 heterocycles. The minimum Gasteiger partial charge on any atom is -0.494 e. The molecular formula is C17H29ClN2O3S. The molecule has 5 nitrogen and oxygen atoms in total. The van der Waals surface area contributed by atoms with Gasteiger partial charge in [-0.3, -0.25) is 0 Å². The molecule has 0 saturated carbocycles. The van der Waals surface area contributed by atoms with E-state index < -0.39 is 10.0 Å². The fourth-order valence-corrected chi connectivity index (χ4v) is 3.78. The number of unbranched alkanes of at least 4 members (excludes halogenated alkanes) is 2. The van der Waals surface area contributed by atoms with Crippen LogP contribution >= 0.6 is 12.4 Å². The summed E-state index contributed by atoms with van der Waals surface area (Å²) in [5, 5.41) is 3.30. The zero-order valence-corrected chi connectivity index (χ0v) is 15.9. The van der Waals surface area contributed by atoms with Crippen LogP contribution in [0.4, 0.5) is 0 Å². The van der Waals surface area contributed by atoms with Crippen LogP contribution in [0, 0.1) is 5.92 Å². The zero-order chi connectivity index (χ0) is 16.5. The van der Waals surface area contributed by atoms with Gasteiger partial charge in [0.1, 0.15) is 5.75 Å². The van der Waals surface area contributed by atoms with Crippen molar-refractivity contribution in [2.75, 3.05) is 26.2 Å². The van der Waals surface area contributed by atoms with E-state index in [1.54, 1.807) is 24.3 Å². The second-order valence-electron chi connectivity index (χ2n) is 6.09. The molecule has 138 valence electrons. The summed E-state index contributed by atoms with van der Waals surface area (Å²) in [5.74, 6) is 1.09. The summed E-state index contributed by atoms with van der Waals surface area (Å²) >= 11 is 0. The molecule has 0 radical (unpaired) electrons. The third-order valence-corrected chi connectivity index (χ3v) is 5.55. The van der Waals surface area contributed by atoms with E-state index >= 15 is 0 Å². The fraction of sp³-hybridized carbons (Fsp3) is 0.647. The van der Waals surface area contributed by atoms with Gasteiger partial charge in [0.25, 0.3) is 0 Å². The molecule has 1 aromatic rings. The Kier molecular flexibility index (Phi) is 9.66. The molecule has 1 unspecified atom stereocenters. The molecule has 24 heavy (non-hydrogen) atoms. The van der Waals surface area contributed by atoms with Gasteiger partial charge in [-0.2, -0.15) is 0 Å². The third-order valence-electron chi connectivity index (χ3n) is 4.11. The first kappa shape index (κ1) is 21.2. The normalized spacial score (nSPS) is 18.0. The Morgan fingerprint density at radius 3 is 2.62 bits per heavy atom. The van der Waals surface area contributed by atoms with Gasteiger partial charge in [0.15, 0.2) is 0 Å². The molecule has 2 rings (SSSR count). The maximum absolute atomic E-state index is 12.3. The molecule has 0 bridgehead atoms. The van der Waals surface area contributed by atoms with Crippen LogP contribution in [0.25, 0.3) is 0 Å². The lowest BCUT2D eigenvalue weighted by molar-refractivity contribution is 0.306. The number of rotatable bonds is 9. The summed E-state index contributed by atoms with van der Waals surface area (Å²) in [4.78, 5) is 0.294. The van der Waals surface area contributed by atoms with Crippen molar-refractivity contribution in [3.63, 3.8) is 0 Å². The summed E-state index contributed by atoms with van der Waals surface area (Å²) in [6.45, 7) is 5.23. The maximum atomic E-state index is 12.3. The molecule has 0 aromatic heterocycles. The topological polar surface area (TPSA) is 67.4 Å². The largest absolute Gasteiger partial charge is 0.494 e. The van der Waals surface area contributed by atoms with E-state index in [4.69, 9.17) is 4.74 Å². The number of halogens is 1. The van der Waals surface area contributed by atoms with Gasteiger partial charge in [-0.25, -0.2) is 13.1 Å². The molecular weight excluding hydrogens is 348 g/mol. The molecule has 0 amide bonds. The van der Waals surface area contributed by atoms with Crippen molar-refractivity contribution in [3.8, 4) is 5.75 Å². The Morgan fingerprint density at radius 1 is 1.25 bits per heavy atom. The fourth-order valence-electron chi connectivity index (χ4n) is 2.67. The number of ether oxygens (including phenoxy) is 1. The third kappa shape index (κ3) is 6.97. The molecule has 1 fully saturated rings. The summed E-state index contributed by atoms with van der Waals surface area (Å²) < 4.78 is 32.9. The number of hydrogen-bond donors (Lipinski definition) is 2. The Bertz CT molecular complexity index is 558. The second kappa shape index (κ2) is 10.9. The van der Waals surface area contributed by atoms with Gasteiger partial charge in [0.2, 0.25) is 10.0 Å². The molecule has 1 aliphatic heterocycles. The Hall–Kier alpha value is -0.820. The first-order chi connectivity index (χ1) is 11.1. The second-order valence-corrected chi connectivity index (χ2v) is 7.86. The molecule has 2 N–H and O–H groups in total. The number of piperidine rings is 1. The quantitative estimate of drug-likeness (QED) is 0.650. The molecule has 0 spiro atoms. The van der Waals surface area contributed by atoms with Crippen LogP contribution in [0.1, 0.15) is 39.0 Å². The first-order valence-corrected chi connectivity index (χ1v) is 10.0. The van der Waals surface area contributed by atoms with E-state index in [1.165, 1.54) is 0 Å². The maximum Gasteiger partial charge on any atom is 0.240 e. The van der Waals surface area contributed by atoms with Crippen molar-refractivity contribution in [2.45, 2.75) is 43.9 Å². The van der Waals surface area contributed by atoms with E-state index in [2.05, 4.69) is 17.0 Å². The van der Waals surface area contributed by atoms with E-state index in [9.17, 15) is 8.42 Å². The number of nitrogens with one attached hydrogen (secondary N) is 2. The van der Waals surface area contributed by atoms with Gasteiger partial charge in [-0.15, -0.1) is 12.4 Å². The SMILES string of the molecule is CCCCCOc1ccc(S(=O)(=O)NCC2CCCNC2)cc1.Cl. The van der Waals surface area contributed by atoms with Crippen molar-refractivity contribution < 1.29 is 13.2 Å². The molecule has 1 aliphatic rings. The van der Waals surface area contributed by atoms with Crippen molar-refractivity contribution in [2.24, 2.45) is 5.92 Å². The lowest BCUT2D eigenvalue weighted by Crippen LogP contribution is -2.38. The van der Waals surface area contributed by atoms with Crippen molar-refractivity contribution in [3.05, 3.63) is 24.3 Å². The summed E-state index contributed by atoms with van der Waals surface area (Å²) in [6.07, 6.45) is 5.50. The Labute approximate surface area is 152 Å². The highest BCUT2D eigenvalue weighted by atomic mass is 35.5. The molecule has 1 aromatic carbocycles. The first-order valence-electron chi connectivity index (χ1n) is 8.55. The lowest BCUT2D eigenvalue weighted by atomic mass is 10.0. The van der Waals surface area contributed by atoms with Gasteiger partial charge in [-0.1, -0.05) is 19.8 Å². The lowest BCUT2D eigenvalue weighted by Gasteiger charge is -2.22. The van der Waals surface area contributed by atoms with Crippen LogP contribution in [-0.4, -0.2) is 34.7 Å². The van der Waals surface area contributed by atoms with Crippen LogP contribution < -0.4 is 14.8 Å². The number of benzene rings is 1. The minimum absolute atomic E-state index is 0.